The lowest BCUT2D eigenvalue weighted by atomic mass is 9.99. The number of pyridine rings is 2. The average Bonchev–Trinajstić information content (AvgIpc) is 2.73. The molecule has 2 aromatic heterocycles. The lowest BCUT2D eigenvalue weighted by Gasteiger charge is -2.13. The Balaban J connectivity index is 1.76. The van der Waals surface area contributed by atoms with Crippen molar-refractivity contribution in [3.8, 4) is 11.1 Å². The number of nitrogens with one attached hydrogen (secondary N) is 1. The number of hydrogen-bond acceptors (Lipinski definition) is 3. The van der Waals surface area contributed by atoms with Gasteiger partial charge in [0.25, 0.3) is 11.5 Å². The summed E-state index contributed by atoms with van der Waals surface area (Å²) in [6.07, 6.45) is 1.78. The number of anilines is 1. The highest BCUT2D eigenvalue weighted by Crippen LogP contribution is 2.27. The van der Waals surface area contributed by atoms with Gasteiger partial charge in [-0.25, -0.2) is 0 Å². The average molecular weight is 397 g/mol. The van der Waals surface area contributed by atoms with Crippen molar-refractivity contribution in [2.45, 2.75) is 20.8 Å². The summed E-state index contributed by atoms with van der Waals surface area (Å²) in [5.41, 5.74) is 6.29. The van der Waals surface area contributed by atoms with Crippen LogP contribution in [0.5, 0.6) is 0 Å². The first-order chi connectivity index (χ1) is 14.3. The van der Waals surface area contributed by atoms with Crippen LogP contribution in [0.3, 0.4) is 0 Å². The number of carbonyl (C=O) groups excluding carboxylic acids is 1. The molecule has 0 atom stereocenters. The summed E-state index contributed by atoms with van der Waals surface area (Å²) in [7, 11) is 1.77. The van der Waals surface area contributed by atoms with Gasteiger partial charge < -0.3 is 9.88 Å². The fraction of sp³-hybridized carbons (Fsp3) is 0.160. The fourth-order valence-corrected chi connectivity index (χ4v) is 3.56. The summed E-state index contributed by atoms with van der Waals surface area (Å²) < 4.78 is 1.65. The molecule has 0 aliphatic carbocycles. The van der Waals surface area contributed by atoms with E-state index in [9.17, 15) is 9.59 Å². The number of hydrogen-bond donors (Lipinski definition) is 1. The monoisotopic (exact) mass is 397 g/mol. The first-order valence-corrected chi connectivity index (χ1v) is 9.79. The van der Waals surface area contributed by atoms with E-state index >= 15 is 0 Å². The Morgan fingerprint density at radius 1 is 0.933 bits per heavy atom. The normalized spacial score (nSPS) is 10.9. The zero-order valence-corrected chi connectivity index (χ0v) is 17.5. The van der Waals surface area contributed by atoms with Crippen LogP contribution in [0.4, 0.5) is 5.69 Å². The Hall–Kier alpha value is -3.73. The van der Waals surface area contributed by atoms with Crippen molar-refractivity contribution < 1.29 is 4.79 Å². The van der Waals surface area contributed by atoms with Crippen LogP contribution < -0.4 is 10.9 Å². The van der Waals surface area contributed by atoms with Gasteiger partial charge >= 0.3 is 0 Å². The maximum Gasteiger partial charge on any atom is 0.258 e. The van der Waals surface area contributed by atoms with Gasteiger partial charge in [0.15, 0.2) is 0 Å². The van der Waals surface area contributed by atoms with Gasteiger partial charge in [-0.2, -0.15) is 0 Å². The molecule has 30 heavy (non-hydrogen) atoms. The summed E-state index contributed by atoms with van der Waals surface area (Å²) in [4.78, 5) is 30.0. The molecule has 0 unspecified atom stereocenters. The van der Waals surface area contributed by atoms with Gasteiger partial charge in [0.05, 0.1) is 5.52 Å². The molecule has 1 amide bonds. The van der Waals surface area contributed by atoms with E-state index in [4.69, 9.17) is 0 Å². The Bertz CT molecular complexity index is 1340. The second-order valence-electron chi connectivity index (χ2n) is 7.66. The largest absolute Gasteiger partial charge is 0.322 e. The van der Waals surface area contributed by atoms with Crippen molar-refractivity contribution in [1.29, 1.82) is 0 Å². The van der Waals surface area contributed by atoms with Crippen molar-refractivity contribution in [3.63, 3.8) is 0 Å². The van der Waals surface area contributed by atoms with E-state index in [2.05, 4.69) is 10.3 Å². The number of benzene rings is 2. The van der Waals surface area contributed by atoms with Crippen molar-refractivity contribution in [3.05, 3.63) is 93.5 Å². The number of amides is 1. The van der Waals surface area contributed by atoms with Crippen LogP contribution in [0.25, 0.3) is 22.0 Å². The highest BCUT2D eigenvalue weighted by atomic mass is 16.1. The maximum absolute atomic E-state index is 13.1. The molecule has 0 aliphatic heterocycles. The summed E-state index contributed by atoms with van der Waals surface area (Å²) >= 11 is 0. The lowest BCUT2D eigenvalue weighted by molar-refractivity contribution is 0.102. The Labute approximate surface area is 175 Å². The van der Waals surface area contributed by atoms with Gasteiger partial charge in [0.2, 0.25) is 0 Å². The van der Waals surface area contributed by atoms with Crippen LogP contribution in [0.15, 0.2) is 65.6 Å². The van der Waals surface area contributed by atoms with Gasteiger partial charge in [-0.1, -0.05) is 23.8 Å². The molecule has 0 spiro atoms. The third kappa shape index (κ3) is 3.62. The highest BCUT2D eigenvalue weighted by Gasteiger charge is 2.13. The number of nitrogens with zero attached hydrogens (tertiary/aromatic N) is 2. The van der Waals surface area contributed by atoms with Crippen molar-refractivity contribution in [2.24, 2.45) is 7.05 Å². The molecular weight excluding hydrogens is 374 g/mol. The number of carbonyl (C=O) groups is 1. The van der Waals surface area contributed by atoms with Gasteiger partial charge in [0, 0.05) is 41.1 Å². The molecule has 2 heterocycles. The second-order valence-corrected chi connectivity index (χ2v) is 7.66. The number of aromatic nitrogens is 2. The van der Waals surface area contributed by atoms with E-state index in [1.54, 1.807) is 29.9 Å². The summed E-state index contributed by atoms with van der Waals surface area (Å²) in [5.74, 6) is -0.184. The predicted molar refractivity (Wildman–Crippen MR) is 121 cm³/mol. The zero-order chi connectivity index (χ0) is 21.4. The highest BCUT2D eigenvalue weighted by molar-refractivity contribution is 6.04. The minimum Gasteiger partial charge on any atom is -0.322 e. The maximum atomic E-state index is 13.1. The molecule has 0 aliphatic rings. The van der Waals surface area contributed by atoms with Gasteiger partial charge in [0.1, 0.15) is 0 Å². The molecule has 0 radical (unpaired) electrons. The number of fused-ring (bicyclic) bond motifs is 1. The van der Waals surface area contributed by atoms with E-state index in [1.807, 2.05) is 63.2 Å². The number of rotatable bonds is 3. The molecule has 2 aromatic carbocycles. The van der Waals surface area contributed by atoms with E-state index in [0.29, 0.717) is 16.8 Å². The van der Waals surface area contributed by atoms with Gasteiger partial charge in [-0.3, -0.25) is 14.6 Å². The van der Waals surface area contributed by atoms with E-state index in [0.717, 1.165) is 33.3 Å². The third-order valence-corrected chi connectivity index (χ3v) is 5.34. The van der Waals surface area contributed by atoms with Crippen LogP contribution in [-0.2, 0) is 7.05 Å². The van der Waals surface area contributed by atoms with Crippen molar-refractivity contribution in [1.82, 2.24) is 9.55 Å². The molecule has 1 N–H and O–H groups in total. The van der Waals surface area contributed by atoms with Gasteiger partial charge in [-0.05, 0) is 68.3 Å². The minimum atomic E-state index is -0.184. The Morgan fingerprint density at radius 2 is 1.67 bits per heavy atom. The van der Waals surface area contributed by atoms with Gasteiger partial charge in [-0.15, -0.1) is 0 Å². The fourth-order valence-electron chi connectivity index (χ4n) is 3.56. The molecule has 4 rings (SSSR count). The molecular formula is C25H23N3O2. The van der Waals surface area contributed by atoms with Crippen LogP contribution in [0.1, 0.15) is 27.2 Å². The molecule has 5 heteroatoms. The predicted octanol–water partition coefficient (Wildman–Crippen LogP) is 4.78. The molecule has 150 valence electrons. The molecule has 5 nitrogen and oxygen atoms in total. The lowest BCUT2D eigenvalue weighted by Crippen LogP contribution is -2.19. The quantitative estimate of drug-likeness (QED) is 0.541. The van der Waals surface area contributed by atoms with E-state index in [-0.39, 0.29) is 11.5 Å². The van der Waals surface area contributed by atoms with Crippen LogP contribution in [0.2, 0.25) is 0 Å². The number of aryl methyl sites for hydroxylation is 4. The summed E-state index contributed by atoms with van der Waals surface area (Å²) in [6.45, 7) is 5.84. The SMILES string of the molecule is Cc1ccc(C(=O)Nc2ccc(C)c(-c3cc4cnc(C)cc4n(C)c3=O)c2)cc1. The van der Waals surface area contributed by atoms with Crippen LogP contribution in [0, 0.1) is 20.8 Å². The standard InChI is InChI=1S/C25H23N3O2/c1-15-5-8-18(9-6-15)24(29)27-20-10-7-16(2)21(13-20)22-12-19-14-26-17(3)11-23(19)28(4)25(22)30/h5-14H,1-4H3,(H,27,29). The first kappa shape index (κ1) is 19.6. The van der Waals surface area contributed by atoms with E-state index in [1.165, 1.54) is 0 Å². The Kier molecular flexibility index (Phi) is 4.96. The Morgan fingerprint density at radius 3 is 2.40 bits per heavy atom. The third-order valence-electron chi connectivity index (χ3n) is 5.34. The van der Waals surface area contributed by atoms with Crippen molar-refractivity contribution >= 4 is 22.5 Å². The topological polar surface area (TPSA) is 64.0 Å². The molecule has 0 saturated carbocycles. The van der Waals surface area contributed by atoms with Crippen molar-refractivity contribution in [2.75, 3.05) is 5.32 Å². The minimum absolute atomic E-state index is 0.0850. The summed E-state index contributed by atoms with van der Waals surface area (Å²) in [5, 5.41) is 3.83. The van der Waals surface area contributed by atoms with Crippen LogP contribution >= 0.6 is 0 Å². The van der Waals surface area contributed by atoms with E-state index < -0.39 is 0 Å². The second kappa shape index (κ2) is 7.59. The molecule has 4 aromatic rings. The first-order valence-electron chi connectivity index (χ1n) is 9.79. The summed E-state index contributed by atoms with van der Waals surface area (Å²) in [6, 6.07) is 16.8. The molecule has 0 fully saturated rings. The zero-order valence-electron chi connectivity index (χ0n) is 17.5. The molecule has 0 saturated heterocycles. The van der Waals surface area contributed by atoms with Crippen LogP contribution in [-0.4, -0.2) is 15.5 Å². The smallest absolute Gasteiger partial charge is 0.258 e. The molecule has 0 bridgehead atoms.